The van der Waals surface area contributed by atoms with Gasteiger partial charge >= 0.3 is 0 Å². The number of rotatable bonds is 3. The molecular weight excluding hydrogens is 282 g/mol. The Morgan fingerprint density at radius 1 is 1.38 bits per heavy atom. The van der Waals surface area contributed by atoms with Crippen LogP contribution in [0, 0.1) is 5.92 Å². The van der Waals surface area contributed by atoms with Gasteiger partial charge in [0.05, 0.1) is 10.2 Å². The number of nitrogens with one attached hydrogen (secondary N) is 1. The zero-order valence-electron chi connectivity index (χ0n) is 12.3. The number of fused-ring (bicyclic) bond motifs is 1. The number of anilines is 1. The van der Waals surface area contributed by atoms with Crippen LogP contribution in [0.5, 0.6) is 0 Å². The fourth-order valence-corrected chi connectivity index (χ4v) is 3.90. The van der Waals surface area contributed by atoms with Gasteiger partial charge in [0.25, 0.3) is 5.91 Å². The molecule has 2 aromatic rings. The number of amides is 1. The summed E-state index contributed by atoms with van der Waals surface area (Å²) in [7, 11) is 0. The minimum absolute atomic E-state index is 0.00180. The molecule has 0 aliphatic heterocycles. The average Bonchev–Trinajstić information content (AvgIpc) is 2.87. The van der Waals surface area contributed by atoms with Crippen molar-refractivity contribution >= 4 is 32.6 Å². The Morgan fingerprint density at radius 2 is 2.14 bits per heavy atom. The standard InChI is InChI=1S/C16H21N3OS/c1-10(11-5-3-2-4-6-11)18-15(20)12-7-8-13-14(9-12)21-16(17)19-13/h7-11H,2-6H2,1H3,(H2,17,19)(H,18,20)/t10-/m1/s1. The van der Waals surface area contributed by atoms with Crippen molar-refractivity contribution in [2.24, 2.45) is 5.92 Å². The Balaban J connectivity index is 1.70. The zero-order chi connectivity index (χ0) is 14.8. The molecule has 112 valence electrons. The number of thiazole rings is 1. The summed E-state index contributed by atoms with van der Waals surface area (Å²) in [6.45, 7) is 2.12. The Kier molecular flexibility index (Phi) is 4.10. The number of carbonyl (C=O) groups excluding carboxylic acids is 1. The van der Waals surface area contributed by atoms with Crippen LogP contribution in [-0.4, -0.2) is 16.9 Å². The summed E-state index contributed by atoms with van der Waals surface area (Å²) >= 11 is 1.42. The predicted octanol–water partition coefficient (Wildman–Crippen LogP) is 3.58. The van der Waals surface area contributed by atoms with Gasteiger partial charge in [0.2, 0.25) is 0 Å². The molecule has 0 radical (unpaired) electrons. The number of nitrogens with zero attached hydrogens (tertiary/aromatic N) is 1. The number of carbonyl (C=O) groups is 1. The van der Waals surface area contributed by atoms with Crippen LogP contribution in [-0.2, 0) is 0 Å². The maximum absolute atomic E-state index is 12.4. The first kappa shape index (κ1) is 14.3. The van der Waals surface area contributed by atoms with Crippen LogP contribution in [0.2, 0.25) is 0 Å². The van der Waals surface area contributed by atoms with Crippen molar-refractivity contribution in [2.75, 3.05) is 5.73 Å². The van der Waals surface area contributed by atoms with Gasteiger partial charge in [-0.1, -0.05) is 30.6 Å². The molecule has 5 heteroatoms. The lowest BCUT2D eigenvalue weighted by Crippen LogP contribution is -2.38. The van der Waals surface area contributed by atoms with Crippen LogP contribution in [0.3, 0.4) is 0 Å². The molecule has 1 aliphatic rings. The van der Waals surface area contributed by atoms with Crippen molar-refractivity contribution < 1.29 is 4.79 Å². The second-order valence-corrected chi connectivity index (χ2v) is 6.96. The smallest absolute Gasteiger partial charge is 0.251 e. The van der Waals surface area contributed by atoms with Crippen LogP contribution < -0.4 is 11.1 Å². The highest BCUT2D eigenvalue weighted by molar-refractivity contribution is 7.22. The first-order valence-corrected chi connectivity index (χ1v) is 8.42. The Labute approximate surface area is 128 Å². The van der Waals surface area contributed by atoms with E-state index >= 15 is 0 Å². The van der Waals surface area contributed by atoms with E-state index in [1.807, 2.05) is 18.2 Å². The molecule has 21 heavy (non-hydrogen) atoms. The average molecular weight is 303 g/mol. The number of hydrogen-bond acceptors (Lipinski definition) is 4. The van der Waals surface area contributed by atoms with Gasteiger partial charge in [-0.3, -0.25) is 4.79 Å². The third kappa shape index (κ3) is 3.18. The Bertz CT molecular complexity index is 646. The van der Waals surface area contributed by atoms with Gasteiger partial charge in [-0.05, 0) is 43.9 Å². The predicted molar refractivity (Wildman–Crippen MR) is 87.5 cm³/mol. The van der Waals surface area contributed by atoms with Crippen LogP contribution >= 0.6 is 11.3 Å². The van der Waals surface area contributed by atoms with Gasteiger partial charge < -0.3 is 11.1 Å². The third-order valence-electron chi connectivity index (χ3n) is 4.38. The van der Waals surface area contributed by atoms with Gasteiger partial charge in [0.1, 0.15) is 0 Å². The monoisotopic (exact) mass is 303 g/mol. The van der Waals surface area contributed by atoms with Gasteiger partial charge in [-0.15, -0.1) is 0 Å². The summed E-state index contributed by atoms with van der Waals surface area (Å²) in [6.07, 6.45) is 6.37. The summed E-state index contributed by atoms with van der Waals surface area (Å²) in [5.74, 6) is 0.618. The molecule has 1 heterocycles. The molecule has 4 nitrogen and oxygen atoms in total. The molecule has 1 aliphatic carbocycles. The molecule has 1 saturated carbocycles. The maximum atomic E-state index is 12.4. The van der Waals surface area contributed by atoms with Gasteiger partial charge in [0, 0.05) is 11.6 Å². The molecular formula is C16H21N3OS. The van der Waals surface area contributed by atoms with E-state index in [1.54, 1.807) is 0 Å². The lowest BCUT2D eigenvalue weighted by Gasteiger charge is -2.28. The van der Waals surface area contributed by atoms with Crippen LogP contribution in [0.25, 0.3) is 10.2 Å². The first-order valence-electron chi connectivity index (χ1n) is 7.60. The van der Waals surface area contributed by atoms with Crippen LogP contribution in [0.15, 0.2) is 18.2 Å². The van der Waals surface area contributed by atoms with Crippen molar-refractivity contribution in [1.82, 2.24) is 10.3 Å². The van der Waals surface area contributed by atoms with Crippen molar-refractivity contribution in [3.05, 3.63) is 23.8 Å². The lowest BCUT2D eigenvalue weighted by atomic mass is 9.84. The maximum Gasteiger partial charge on any atom is 0.251 e. The van der Waals surface area contributed by atoms with Crippen molar-refractivity contribution in [3.63, 3.8) is 0 Å². The normalized spacial score (nSPS) is 17.8. The number of hydrogen-bond donors (Lipinski definition) is 2. The summed E-state index contributed by atoms with van der Waals surface area (Å²) in [6, 6.07) is 5.80. The van der Waals surface area contributed by atoms with E-state index in [0.717, 1.165) is 10.2 Å². The molecule has 1 atom stereocenters. The highest BCUT2D eigenvalue weighted by Crippen LogP contribution is 2.27. The Morgan fingerprint density at radius 3 is 2.90 bits per heavy atom. The van der Waals surface area contributed by atoms with Gasteiger partial charge in [-0.2, -0.15) is 0 Å². The van der Waals surface area contributed by atoms with Gasteiger partial charge in [0.15, 0.2) is 5.13 Å². The van der Waals surface area contributed by atoms with Crippen LogP contribution in [0.4, 0.5) is 5.13 Å². The van der Waals surface area contributed by atoms with E-state index < -0.39 is 0 Å². The zero-order valence-corrected chi connectivity index (χ0v) is 13.1. The highest BCUT2D eigenvalue weighted by atomic mass is 32.1. The number of nitrogen functional groups attached to an aromatic ring is 1. The van der Waals surface area contributed by atoms with Crippen molar-refractivity contribution in [2.45, 2.75) is 45.1 Å². The van der Waals surface area contributed by atoms with Crippen molar-refractivity contribution in [3.8, 4) is 0 Å². The van der Waals surface area contributed by atoms with Gasteiger partial charge in [-0.25, -0.2) is 4.98 Å². The number of nitrogens with two attached hydrogens (primary N) is 1. The fourth-order valence-electron chi connectivity index (χ4n) is 3.13. The van der Waals surface area contributed by atoms with E-state index in [9.17, 15) is 4.79 Å². The molecule has 0 saturated heterocycles. The summed E-state index contributed by atoms with van der Waals surface area (Å²) in [4.78, 5) is 16.6. The molecule has 1 fully saturated rings. The molecule has 1 aromatic carbocycles. The second-order valence-electron chi connectivity index (χ2n) is 5.89. The molecule has 0 bridgehead atoms. The molecule has 0 spiro atoms. The second kappa shape index (κ2) is 6.02. The van der Waals surface area contributed by atoms with E-state index in [-0.39, 0.29) is 11.9 Å². The Hall–Kier alpha value is -1.62. The SMILES string of the molecule is C[C@@H](NC(=O)c1ccc2nc(N)sc2c1)C1CCCCC1. The number of benzene rings is 1. The van der Waals surface area contributed by atoms with E-state index in [2.05, 4.69) is 17.2 Å². The van der Waals surface area contributed by atoms with Crippen molar-refractivity contribution in [1.29, 1.82) is 0 Å². The van der Waals surface area contributed by atoms with E-state index in [0.29, 0.717) is 16.6 Å². The molecule has 1 amide bonds. The quantitative estimate of drug-likeness (QED) is 0.910. The fraction of sp³-hybridized carbons (Fsp3) is 0.500. The summed E-state index contributed by atoms with van der Waals surface area (Å²) in [5, 5.41) is 3.69. The van der Waals surface area contributed by atoms with E-state index in [4.69, 9.17) is 5.73 Å². The van der Waals surface area contributed by atoms with Crippen LogP contribution in [0.1, 0.15) is 49.4 Å². The molecule has 1 aromatic heterocycles. The largest absolute Gasteiger partial charge is 0.375 e. The minimum atomic E-state index is 0.00180. The first-order chi connectivity index (χ1) is 10.1. The third-order valence-corrected chi connectivity index (χ3v) is 5.23. The minimum Gasteiger partial charge on any atom is -0.375 e. The number of aromatic nitrogens is 1. The lowest BCUT2D eigenvalue weighted by molar-refractivity contribution is 0.0919. The highest BCUT2D eigenvalue weighted by Gasteiger charge is 2.22. The molecule has 3 N–H and O–H groups in total. The van der Waals surface area contributed by atoms with E-state index in [1.165, 1.54) is 43.4 Å². The molecule has 0 unspecified atom stereocenters. The summed E-state index contributed by atoms with van der Waals surface area (Å²) in [5.41, 5.74) is 7.25. The molecule has 3 rings (SSSR count). The summed E-state index contributed by atoms with van der Waals surface area (Å²) < 4.78 is 0.963. The topological polar surface area (TPSA) is 68.0 Å².